The van der Waals surface area contributed by atoms with Crippen LogP contribution in [0.4, 0.5) is 0 Å². The fourth-order valence-electron chi connectivity index (χ4n) is 2.90. The molecule has 1 rings (SSSR count). The smallest absolute Gasteiger partial charge is 0.107 e. The van der Waals surface area contributed by atoms with Crippen molar-refractivity contribution in [1.82, 2.24) is 5.32 Å². The molecule has 0 radical (unpaired) electrons. The van der Waals surface area contributed by atoms with Gasteiger partial charge >= 0.3 is 0 Å². The molecular formula is C11H20N2. The minimum atomic E-state index is -0.277. The van der Waals surface area contributed by atoms with Crippen LogP contribution in [-0.2, 0) is 0 Å². The standard InChI is InChI=1S/C11H20N2/c1-9-5-10(2,3)7-11(6-9,8-12)13-4/h9,13H,5-7H2,1-4H3. The second-order valence-corrected chi connectivity index (χ2v) is 5.30. The van der Waals surface area contributed by atoms with E-state index in [-0.39, 0.29) is 5.54 Å². The summed E-state index contributed by atoms with van der Waals surface area (Å²) in [6, 6.07) is 2.44. The van der Waals surface area contributed by atoms with Gasteiger partial charge in [-0.3, -0.25) is 0 Å². The van der Waals surface area contributed by atoms with Crippen LogP contribution < -0.4 is 5.32 Å². The van der Waals surface area contributed by atoms with Crippen molar-refractivity contribution in [3.05, 3.63) is 0 Å². The van der Waals surface area contributed by atoms with Gasteiger partial charge in [-0.15, -0.1) is 0 Å². The molecule has 2 unspecified atom stereocenters. The summed E-state index contributed by atoms with van der Waals surface area (Å²) >= 11 is 0. The van der Waals surface area contributed by atoms with Gasteiger partial charge in [0, 0.05) is 0 Å². The van der Waals surface area contributed by atoms with E-state index in [2.05, 4.69) is 32.2 Å². The van der Waals surface area contributed by atoms with Crippen molar-refractivity contribution in [1.29, 1.82) is 5.26 Å². The monoisotopic (exact) mass is 180 g/mol. The number of nitrogens with zero attached hydrogens (tertiary/aromatic N) is 1. The Labute approximate surface area is 81.3 Å². The summed E-state index contributed by atoms with van der Waals surface area (Å²) < 4.78 is 0. The van der Waals surface area contributed by atoms with Gasteiger partial charge in [-0.2, -0.15) is 5.26 Å². The van der Waals surface area contributed by atoms with Crippen LogP contribution in [0.1, 0.15) is 40.0 Å². The Morgan fingerprint density at radius 2 is 2.00 bits per heavy atom. The predicted molar refractivity (Wildman–Crippen MR) is 54.2 cm³/mol. The van der Waals surface area contributed by atoms with Crippen molar-refractivity contribution in [3.8, 4) is 6.07 Å². The number of nitrogens with one attached hydrogen (secondary N) is 1. The molecule has 0 bridgehead atoms. The molecule has 2 atom stereocenters. The first kappa shape index (κ1) is 10.5. The highest BCUT2D eigenvalue weighted by Crippen LogP contribution is 2.43. The molecule has 1 aliphatic carbocycles. The quantitative estimate of drug-likeness (QED) is 0.672. The van der Waals surface area contributed by atoms with E-state index in [0.29, 0.717) is 11.3 Å². The second kappa shape index (κ2) is 3.31. The fraction of sp³-hybridized carbons (Fsp3) is 0.909. The van der Waals surface area contributed by atoms with E-state index in [1.54, 1.807) is 0 Å². The van der Waals surface area contributed by atoms with Crippen LogP contribution in [0.5, 0.6) is 0 Å². The number of nitriles is 1. The van der Waals surface area contributed by atoms with Gasteiger partial charge in [-0.05, 0) is 37.6 Å². The third-order valence-electron chi connectivity index (χ3n) is 3.07. The van der Waals surface area contributed by atoms with Gasteiger partial charge in [0.2, 0.25) is 0 Å². The summed E-state index contributed by atoms with van der Waals surface area (Å²) in [4.78, 5) is 0. The van der Waals surface area contributed by atoms with E-state index in [1.807, 2.05) is 7.05 Å². The van der Waals surface area contributed by atoms with Crippen molar-refractivity contribution in [2.75, 3.05) is 7.05 Å². The lowest BCUT2D eigenvalue weighted by molar-refractivity contribution is 0.120. The molecule has 0 aromatic carbocycles. The average Bonchev–Trinajstić information content (AvgIpc) is 2.00. The molecule has 1 fully saturated rings. The molecule has 0 heterocycles. The third-order valence-corrected chi connectivity index (χ3v) is 3.07. The maximum absolute atomic E-state index is 9.18. The van der Waals surface area contributed by atoms with Gasteiger partial charge in [0.05, 0.1) is 6.07 Å². The SMILES string of the molecule is CNC1(C#N)CC(C)CC(C)(C)C1. The summed E-state index contributed by atoms with van der Waals surface area (Å²) in [6.07, 6.45) is 3.19. The third kappa shape index (κ3) is 2.22. The highest BCUT2D eigenvalue weighted by molar-refractivity contribution is 5.11. The Balaban J connectivity index is 2.84. The largest absolute Gasteiger partial charge is 0.302 e. The van der Waals surface area contributed by atoms with Crippen LogP contribution >= 0.6 is 0 Å². The molecule has 0 aromatic rings. The maximum Gasteiger partial charge on any atom is 0.107 e. The maximum atomic E-state index is 9.18. The van der Waals surface area contributed by atoms with Crippen molar-refractivity contribution in [3.63, 3.8) is 0 Å². The molecule has 0 amide bonds. The zero-order valence-corrected chi connectivity index (χ0v) is 9.15. The first-order valence-electron chi connectivity index (χ1n) is 5.03. The lowest BCUT2D eigenvalue weighted by atomic mass is 9.65. The van der Waals surface area contributed by atoms with Gasteiger partial charge in [0.1, 0.15) is 5.54 Å². The van der Waals surface area contributed by atoms with E-state index in [1.165, 1.54) is 6.42 Å². The molecule has 1 saturated carbocycles. The van der Waals surface area contributed by atoms with Gasteiger partial charge in [0.25, 0.3) is 0 Å². The topological polar surface area (TPSA) is 35.8 Å². The van der Waals surface area contributed by atoms with Crippen LogP contribution in [0.15, 0.2) is 0 Å². The minimum absolute atomic E-state index is 0.277. The van der Waals surface area contributed by atoms with E-state index < -0.39 is 0 Å². The first-order valence-corrected chi connectivity index (χ1v) is 5.03. The highest BCUT2D eigenvalue weighted by Gasteiger charge is 2.42. The Kier molecular flexibility index (Phi) is 2.68. The summed E-state index contributed by atoms with van der Waals surface area (Å²) in [5.41, 5.74) is 0.0254. The van der Waals surface area contributed by atoms with Gasteiger partial charge in [0.15, 0.2) is 0 Å². The van der Waals surface area contributed by atoms with Crippen molar-refractivity contribution < 1.29 is 0 Å². The van der Waals surface area contributed by atoms with Crippen LogP contribution in [0, 0.1) is 22.7 Å². The number of hydrogen-bond acceptors (Lipinski definition) is 2. The van der Waals surface area contributed by atoms with E-state index in [9.17, 15) is 5.26 Å². The fourth-order valence-corrected chi connectivity index (χ4v) is 2.90. The second-order valence-electron chi connectivity index (χ2n) is 5.30. The number of rotatable bonds is 1. The first-order chi connectivity index (χ1) is 5.93. The van der Waals surface area contributed by atoms with E-state index >= 15 is 0 Å². The summed E-state index contributed by atoms with van der Waals surface area (Å²) in [7, 11) is 1.90. The summed E-state index contributed by atoms with van der Waals surface area (Å²) in [5.74, 6) is 0.649. The van der Waals surface area contributed by atoms with E-state index in [0.717, 1.165) is 12.8 Å². The molecule has 0 saturated heterocycles. The molecule has 74 valence electrons. The van der Waals surface area contributed by atoms with Crippen molar-refractivity contribution >= 4 is 0 Å². The Morgan fingerprint density at radius 1 is 1.38 bits per heavy atom. The Hall–Kier alpha value is -0.550. The van der Waals surface area contributed by atoms with Crippen LogP contribution in [0.3, 0.4) is 0 Å². The summed E-state index contributed by atoms with van der Waals surface area (Å²) in [5, 5.41) is 12.4. The summed E-state index contributed by atoms with van der Waals surface area (Å²) in [6.45, 7) is 6.75. The zero-order valence-electron chi connectivity index (χ0n) is 9.15. The van der Waals surface area contributed by atoms with Crippen molar-refractivity contribution in [2.24, 2.45) is 11.3 Å². The van der Waals surface area contributed by atoms with Crippen molar-refractivity contribution in [2.45, 2.75) is 45.6 Å². The normalized spacial score (nSPS) is 38.2. The molecule has 13 heavy (non-hydrogen) atoms. The van der Waals surface area contributed by atoms with Crippen LogP contribution in [0.25, 0.3) is 0 Å². The van der Waals surface area contributed by atoms with Gasteiger partial charge in [-0.25, -0.2) is 0 Å². The van der Waals surface area contributed by atoms with Crippen LogP contribution in [-0.4, -0.2) is 12.6 Å². The molecule has 1 aliphatic rings. The zero-order chi connectivity index (χ0) is 10.1. The molecule has 1 N–H and O–H groups in total. The molecule has 0 aromatic heterocycles. The highest BCUT2D eigenvalue weighted by atomic mass is 14.9. The molecule has 0 aliphatic heterocycles. The van der Waals surface area contributed by atoms with Crippen LogP contribution in [0.2, 0.25) is 0 Å². The Morgan fingerprint density at radius 3 is 2.38 bits per heavy atom. The van der Waals surface area contributed by atoms with E-state index in [4.69, 9.17) is 0 Å². The predicted octanol–water partition coefficient (Wildman–Crippen LogP) is 2.31. The Bertz CT molecular complexity index is 227. The average molecular weight is 180 g/mol. The molecular weight excluding hydrogens is 160 g/mol. The van der Waals surface area contributed by atoms with Gasteiger partial charge in [-0.1, -0.05) is 20.8 Å². The number of hydrogen-bond donors (Lipinski definition) is 1. The molecule has 2 heteroatoms. The molecule has 0 spiro atoms. The lowest BCUT2D eigenvalue weighted by Crippen LogP contribution is -2.50. The minimum Gasteiger partial charge on any atom is -0.302 e. The van der Waals surface area contributed by atoms with Gasteiger partial charge < -0.3 is 5.32 Å². The lowest BCUT2D eigenvalue weighted by Gasteiger charge is -2.43. The molecule has 2 nitrogen and oxygen atoms in total.